The van der Waals surface area contributed by atoms with Gasteiger partial charge >= 0.3 is 0 Å². The quantitative estimate of drug-likeness (QED) is 0.629. The zero-order valence-electron chi connectivity index (χ0n) is 15.6. The van der Waals surface area contributed by atoms with E-state index in [0.29, 0.717) is 15.7 Å². The van der Waals surface area contributed by atoms with Gasteiger partial charge in [-0.05, 0) is 54.6 Å². The molecule has 2 N–H and O–H groups in total. The zero-order chi connectivity index (χ0) is 21.1. The summed E-state index contributed by atoms with van der Waals surface area (Å²) in [5.41, 5.74) is 2.19. The number of aryl methyl sites for hydroxylation is 1. The summed E-state index contributed by atoms with van der Waals surface area (Å²) in [6, 6.07) is 10.2. The maximum atomic E-state index is 12.6. The van der Waals surface area contributed by atoms with E-state index in [1.807, 2.05) is 19.1 Å². The Morgan fingerprint density at radius 1 is 1.28 bits per heavy atom. The molecule has 0 spiro atoms. The number of rotatable bonds is 5. The van der Waals surface area contributed by atoms with Gasteiger partial charge in [-0.3, -0.25) is 19.3 Å². The summed E-state index contributed by atoms with van der Waals surface area (Å²) in [5, 5.41) is 11.9. The molecule has 1 heterocycles. The lowest BCUT2D eigenvalue weighted by atomic mass is 10.2. The smallest absolute Gasteiger partial charge is 0.294 e. The summed E-state index contributed by atoms with van der Waals surface area (Å²) < 4.78 is 5.60. The average Bonchev–Trinajstić information content (AvgIpc) is 2.93. The van der Waals surface area contributed by atoms with Crippen molar-refractivity contribution in [1.29, 1.82) is 0 Å². The summed E-state index contributed by atoms with van der Waals surface area (Å²) in [4.78, 5) is 38.2. The minimum atomic E-state index is -0.557. The maximum Gasteiger partial charge on any atom is 0.294 e. The summed E-state index contributed by atoms with van der Waals surface area (Å²) in [7, 11) is 1.41. The van der Waals surface area contributed by atoms with Crippen molar-refractivity contribution in [1.82, 2.24) is 4.90 Å². The highest BCUT2D eigenvalue weighted by Gasteiger charge is 2.36. The minimum Gasteiger partial charge on any atom is -0.504 e. The number of benzene rings is 2. The van der Waals surface area contributed by atoms with E-state index in [1.165, 1.54) is 25.3 Å². The number of phenolic OH excluding ortho intramolecular Hbond substituents is 1. The van der Waals surface area contributed by atoms with Crippen molar-refractivity contribution >= 4 is 56.5 Å². The van der Waals surface area contributed by atoms with Crippen LogP contribution in [-0.2, 0) is 9.59 Å². The highest BCUT2D eigenvalue weighted by Crippen LogP contribution is 2.37. The van der Waals surface area contributed by atoms with Crippen LogP contribution in [0.5, 0.6) is 11.5 Å². The van der Waals surface area contributed by atoms with E-state index in [2.05, 4.69) is 21.2 Å². The molecule has 2 aromatic rings. The molecule has 9 heteroatoms. The van der Waals surface area contributed by atoms with Gasteiger partial charge < -0.3 is 15.2 Å². The second kappa shape index (κ2) is 8.71. The van der Waals surface area contributed by atoms with Crippen molar-refractivity contribution < 1.29 is 24.2 Å². The Labute approximate surface area is 179 Å². The number of thioether (sulfide) groups is 1. The number of carbonyl (C=O) groups is 3. The Balaban J connectivity index is 1.75. The number of anilines is 1. The van der Waals surface area contributed by atoms with Crippen LogP contribution in [0, 0.1) is 6.92 Å². The van der Waals surface area contributed by atoms with E-state index in [4.69, 9.17) is 4.74 Å². The Morgan fingerprint density at radius 3 is 2.62 bits per heavy atom. The number of ether oxygens (including phenoxy) is 1. The normalized spacial score (nSPS) is 15.1. The Hall–Kier alpha value is -2.78. The van der Waals surface area contributed by atoms with Gasteiger partial charge in [0.1, 0.15) is 6.54 Å². The monoisotopic (exact) mass is 476 g/mol. The van der Waals surface area contributed by atoms with Crippen LogP contribution in [0.15, 0.2) is 45.8 Å². The standard InChI is InChI=1S/C20H17BrN2O5S/c1-11-3-5-13(6-4-11)22-18(25)10-23-19(26)17(29-20(23)27)8-12-7-16(28-2)15(24)9-14(12)21/h3-9,24H,10H2,1-2H3,(H,22,25)/b17-8+. The summed E-state index contributed by atoms with van der Waals surface area (Å²) in [6.45, 7) is 1.55. The number of amides is 3. The fourth-order valence-electron chi connectivity index (χ4n) is 2.59. The first kappa shape index (κ1) is 20.9. The number of phenols is 1. The third-order valence-corrected chi connectivity index (χ3v) is 5.69. The second-order valence-electron chi connectivity index (χ2n) is 6.23. The lowest BCUT2D eigenvalue weighted by Crippen LogP contribution is -2.36. The number of halogens is 1. The minimum absolute atomic E-state index is 0.0580. The molecule has 0 radical (unpaired) electrons. The van der Waals surface area contributed by atoms with Crippen LogP contribution in [0.2, 0.25) is 0 Å². The Morgan fingerprint density at radius 2 is 1.97 bits per heavy atom. The molecule has 0 bridgehead atoms. The first-order valence-electron chi connectivity index (χ1n) is 8.47. The van der Waals surface area contributed by atoms with Gasteiger partial charge in [-0.15, -0.1) is 0 Å². The number of hydrogen-bond donors (Lipinski definition) is 2. The molecular formula is C20H17BrN2O5S. The maximum absolute atomic E-state index is 12.6. The SMILES string of the molecule is COc1cc(/C=C2/SC(=O)N(CC(=O)Nc3ccc(C)cc3)C2=O)c(Br)cc1O. The molecule has 7 nitrogen and oxygen atoms in total. The molecule has 3 rings (SSSR count). The molecule has 0 saturated carbocycles. The van der Waals surface area contributed by atoms with Crippen LogP contribution in [0.1, 0.15) is 11.1 Å². The van der Waals surface area contributed by atoms with Gasteiger partial charge in [-0.1, -0.05) is 33.6 Å². The van der Waals surface area contributed by atoms with E-state index >= 15 is 0 Å². The molecule has 0 unspecified atom stereocenters. The van der Waals surface area contributed by atoms with Crippen LogP contribution in [0.3, 0.4) is 0 Å². The van der Waals surface area contributed by atoms with Crippen molar-refractivity contribution in [3.63, 3.8) is 0 Å². The van der Waals surface area contributed by atoms with Gasteiger partial charge in [0.15, 0.2) is 11.5 Å². The summed E-state index contributed by atoms with van der Waals surface area (Å²) >= 11 is 4.05. The molecule has 3 amide bonds. The van der Waals surface area contributed by atoms with Crippen LogP contribution in [-0.4, -0.2) is 40.7 Å². The van der Waals surface area contributed by atoms with Gasteiger partial charge in [0.05, 0.1) is 12.0 Å². The highest BCUT2D eigenvalue weighted by molar-refractivity contribution is 9.10. The van der Waals surface area contributed by atoms with E-state index in [9.17, 15) is 19.5 Å². The number of nitrogens with zero attached hydrogens (tertiary/aromatic N) is 1. The predicted molar refractivity (Wildman–Crippen MR) is 115 cm³/mol. The largest absolute Gasteiger partial charge is 0.504 e. The number of methoxy groups -OCH3 is 1. The molecular weight excluding hydrogens is 460 g/mol. The number of imide groups is 1. The first-order valence-corrected chi connectivity index (χ1v) is 10.1. The van der Waals surface area contributed by atoms with Crippen LogP contribution < -0.4 is 10.1 Å². The number of carbonyl (C=O) groups excluding carboxylic acids is 3. The molecule has 1 aliphatic heterocycles. The van der Waals surface area contributed by atoms with Gasteiger partial charge in [-0.2, -0.15) is 0 Å². The molecule has 1 aliphatic rings. The summed E-state index contributed by atoms with van der Waals surface area (Å²) in [5.74, 6) is -0.851. The van der Waals surface area contributed by atoms with Gasteiger partial charge in [0.25, 0.3) is 11.1 Å². The fourth-order valence-corrected chi connectivity index (χ4v) is 3.87. The lowest BCUT2D eigenvalue weighted by Gasteiger charge is -2.12. The molecule has 150 valence electrons. The molecule has 1 fully saturated rings. The third-order valence-electron chi connectivity index (χ3n) is 4.10. The predicted octanol–water partition coefficient (Wildman–Crippen LogP) is 4.15. The number of aromatic hydroxyl groups is 1. The highest BCUT2D eigenvalue weighted by atomic mass is 79.9. The van der Waals surface area contributed by atoms with E-state index in [0.717, 1.165) is 22.2 Å². The van der Waals surface area contributed by atoms with Crippen LogP contribution >= 0.6 is 27.7 Å². The molecule has 1 saturated heterocycles. The number of nitrogens with one attached hydrogen (secondary N) is 1. The molecule has 0 atom stereocenters. The van der Waals surface area contributed by atoms with E-state index in [1.54, 1.807) is 12.1 Å². The fraction of sp³-hybridized carbons (Fsp3) is 0.150. The van der Waals surface area contributed by atoms with Crippen molar-refractivity contribution in [3.05, 3.63) is 56.9 Å². The van der Waals surface area contributed by atoms with Gasteiger partial charge in [0.2, 0.25) is 5.91 Å². The van der Waals surface area contributed by atoms with Gasteiger partial charge in [0, 0.05) is 10.2 Å². The average molecular weight is 477 g/mol. The van der Waals surface area contributed by atoms with Crippen molar-refractivity contribution in [3.8, 4) is 11.5 Å². The molecule has 2 aromatic carbocycles. The topological polar surface area (TPSA) is 95.9 Å². The van der Waals surface area contributed by atoms with Gasteiger partial charge in [-0.25, -0.2) is 0 Å². The second-order valence-corrected chi connectivity index (χ2v) is 8.08. The number of hydrogen-bond acceptors (Lipinski definition) is 6. The van der Waals surface area contributed by atoms with Crippen molar-refractivity contribution in [2.24, 2.45) is 0 Å². The van der Waals surface area contributed by atoms with E-state index < -0.39 is 17.1 Å². The Kier molecular flexibility index (Phi) is 6.29. The van der Waals surface area contributed by atoms with E-state index in [-0.39, 0.29) is 22.9 Å². The van der Waals surface area contributed by atoms with Crippen LogP contribution in [0.25, 0.3) is 6.08 Å². The summed E-state index contributed by atoms with van der Waals surface area (Å²) in [6.07, 6.45) is 1.51. The first-order chi connectivity index (χ1) is 13.8. The third kappa shape index (κ3) is 4.80. The van der Waals surface area contributed by atoms with Crippen LogP contribution in [0.4, 0.5) is 10.5 Å². The Bertz CT molecular complexity index is 1020. The lowest BCUT2D eigenvalue weighted by molar-refractivity contribution is -0.127. The zero-order valence-corrected chi connectivity index (χ0v) is 18.0. The molecule has 0 aromatic heterocycles. The molecule has 0 aliphatic carbocycles. The van der Waals surface area contributed by atoms with Crippen molar-refractivity contribution in [2.75, 3.05) is 19.0 Å². The molecule has 29 heavy (non-hydrogen) atoms. The van der Waals surface area contributed by atoms with Crippen molar-refractivity contribution in [2.45, 2.75) is 6.92 Å².